The van der Waals surface area contributed by atoms with Crippen molar-refractivity contribution in [2.75, 3.05) is 5.75 Å². The van der Waals surface area contributed by atoms with Gasteiger partial charge in [0.25, 0.3) is 5.24 Å². The first kappa shape index (κ1) is 10.1. The van der Waals surface area contributed by atoms with E-state index in [9.17, 15) is 22.5 Å². The van der Waals surface area contributed by atoms with Gasteiger partial charge in [-0.25, -0.2) is 0 Å². The van der Waals surface area contributed by atoms with Crippen LogP contribution in [0.2, 0.25) is 0 Å². The summed E-state index contributed by atoms with van der Waals surface area (Å²) in [6.45, 7) is 0. The van der Waals surface area contributed by atoms with Gasteiger partial charge in [0.1, 0.15) is 0 Å². The molecule has 0 aliphatic rings. The number of alkyl halides is 3. The molecule has 0 bridgehead atoms. The normalized spacial score (nSPS) is 14.9. The molecule has 0 aliphatic heterocycles. The predicted molar refractivity (Wildman–Crippen MR) is 29.9 cm³/mol. The quantitative estimate of drug-likeness (QED) is 0.486. The summed E-state index contributed by atoms with van der Waals surface area (Å²) < 4.78 is 43.9. The minimum absolute atomic E-state index is 1.18. The van der Waals surface area contributed by atoms with Crippen LogP contribution in [0.1, 0.15) is 0 Å². The van der Waals surface area contributed by atoms with Gasteiger partial charge in [-0.2, -0.15) is 0 Å². The summed E-state index contributed by atoms with van der Waals surface area (Å²) in [7, 11) is 0. The van der Waals surface area contributed by atoms with Crippen LogP contribution >= 0.6 is 11.6 Å². The smallest absolute Gasteiger partial charge is 0.573 e. The van der Waals surface area contributed by atoms with Gasteiger partial charge in [-0.05, 0) is 11.6 Å². The summed E-state index contributed by atoms with van der Waals surface area (Å²) in [6, 6.07) is 0. The van der Waals surface area contributed by atoms with Gasteiger partial charge in [-0.3, -0.25) is 4.79 Å². The first-order valence-electron chi connectivity index (χ1n) is 1.97. The van der Waals surface area contributed by atoms with Gasteiger partial charge in [0.2, 0.25) is 0 Å². The monoisotopic (exact) mass is 194 g/mol. The Labute approximate surface area is 62.5 Å². The van der Waals surface area contributed by atoms with Crippen molar-refractivity contribution in [1.82, 2.24) is 0 Å². The molecule has 60 valence electrons. The number of hydrogen-bond acceptors (Lipinski definition) is 2. The van der Waals surface area contributed by atoms with Crippen LogP contribution in [0.5, 0.6) is 0 Å². The highest BCUT2D eigenvalue weighted by Gasteiger charge is 2.45. The minimum atomic E-state index is -4.84. The second kappa shape index (κ2) is 3.45. The second-order valence-corrected chi connectivity index (χ2v) is 3.15. The molecule has 0 aromatic rings. The summed E-state index contributed by atoms with van der Waals surface area (Å²) in [5.41, 5.74) is -4.84. The Hall–Kier alpha value is 0.0600. The molecule has 10 heavy (non-hydrogen) atoms. The maximum Gasteiger partial charge on any atom is 0.573 e. The van der Waals surface area contributed by atoms with Gasteiger partial charge in [0.05, 0.1) is 11.2 Å². The molecular weight excluding hydrogens is 193 g/mol. The lowest BCUT2D eigenvalue weighted by atomic mass is 10.9. The summed E-state index contributed by atoms with van der Waals surface area (Å²) in [5.74, 6) is -1.18. The van der Waals surface area contributed by atoms with Crippen molar-refractivity contribution in [2.45, 2.75) is 5.51 Å². The summed E-state index contributed by atoms with van der Waals surface area (Å²) in [5, 5.41) is -1.25. The fraction of sp³-hybridized carbons (Fsp3) is 0.667. The zero-order valence-electron chi connectivity index (χ0n) is 4.44. The largest absolute Gasteiger partial charge is 0.609 e. The average Bonchev–Trinajstić information content (AvgIpc) is 1.60. The van der Waals surface area contributed by atoms with E-state index in [0.717, 1.165) is 0 Å². The fourth-order valence-corrected chi connectivity index (χ4v) is 0.852. The van der Waals surface area contributed by atoms with E-state index in [4.69, 9.17) is 0 Å². The predicted octanol–water partition coefficient (Wildman–Crippen LogP) is 1.02. The third-order valence-electron chi connectivity index (χ3n) is 0.503. The molecule has 0 aromatic carbocycles. The van der Waals surface area contributed by atoms with E-state index in [2.05, 4.69) is 11.6 Å². The topological polar surface area (TPSA) is 40.1 Å². The van der Waals surface area contributed by atoms with Crippen LogP contribution in [0.3, 0.4) is 0 Å². The number of hydrogen-bond donors (Lipinski definition) is 0. The lowest BCUT2D eigenvalue weighted by Crippen LogP contribution is -2.28. The van der Waals surface area contributed by atoms with Crippen molar-refractivity contribution < 1.29 is 22.5 Å². The maximum absolute atomic E-state index is 11.3. The Bertz CT molecular complexity index is 136. The van der Waals surface area contributed by atoms with Crippen LogP contribution in [-0.4, -0.2) is 21.1 Å². The lowest BCUT2D eigenvalue weighted by molar-refractivity contribution is -0.110. The summed E-state index contributed by atoms with van der Waals surface area (Å²) >= 11 is 1.40. The Morgan fingerprint density at radius 2 is 2.00 bits per heavy atom. The van der Waals surface area contributed by atoms with Gasteiger partial charge >= 0.3 is 5.51 Å². The molecule has 0 aromatic heterocycles. The standard InChI is InChI=1S/C3H2ClF3O2S/c4-2(8)1-10(9)3(5,6)7/h1H2. The van der Waals surface area contributed by atoms with Crippen molar-refractivity contribution in [3.05, 3.63) is 0 Å². The zero-order chi connectivity index (χ0) is 8.36. The summed E-state index contributed by atoms with van der Waals surface area (Å²) in [6.07, 6.45) is 0. The molecule has 0 saturated heterocycles. The van der Waals surface area contributed by atoms with Crippen LogP contribution in [0.25, 0.3) is 0 Å². The molecule has 0 radical (unpaired) electrons. The van der Waals surface area contributed by atoms with Gasteiger partial charge < -0.3 is 4.55 Å². The molecule has 0 aliphatic carbocycles. The zero-order valence-corrected chi connectivity index (χ0v) is 6.02. The molecule has 0 saturated carbocycles. The van der Waals surface area contributed by atoms with Crippen molar-refractivity contribution in [2.24, 2.45) is 0 Å². The van der Waals surface area contributed by atoms with E-state index in [-0.39, 0.29) is 0 Å². The van der Waals surface area contributed by atoms with Gasteiger partial charge in [-0.15, -0.1) is 13.2 Å². The third-order valence-corrected chi connectivity index (χ3v) is 1.84. The first-order valence-corrected chi connectivity index (χ1v) is 3.67. The van der Waals surface area contributed by atoms with E-state index in [1.807, 2.05) is 0 Å². The number of carbonyl (C=O) groups is 1. The van der Waals surface area contributed by atoms with Crippen molar-refractivity contribution in [3.63, 3.8) is 0 Å². The molecule has 2 nitrogen and oxygen atoms in total. The first-order chi connectivity index (χ1) is 4.34. The molecule has 0 fully saturated rings. The van der Waals surface area contributed by atoms with E-state index in [1.165, 1.54) is 0 Å². The second-order valence-electron chi connectivity index (χ2n) is 1.29. The van der Waals surface area contributed by atoms with Crippen molar-refractivity contribution in [1.29, 1.82) is 0 Å². The Balaban J connectivity index is 3.85. The number of carbonyl (C=O) groups excluding carboxylic acids is 1. The Kier molecular flexibility index (Phi) is 3.47. The third kappa shape index (κ3) is 3.97. The molecule has 1 atom stereocenters. The molecule has 0 rings (SSSR count). The van der Waals surface area contributed by atoms with Crippen molar-refractivity contribution in [3.8, 4) is 0 Å². The van der Waals surface area contributed by atoms with Gasteiger partial charge in [0.15, 0.2) is 5.75 Å². The van der Waals surface area contributed by atoms with E-state index in [0.29, 0.717) is 0 Å². The SMILES string of the molecule is O=C(Cl)C[S+]([O-])C(F)(F)F. The fourth-order valence-electron chi connectivity index (χ4n) is 0.185. The maximum atomic E-state index is 11.3. The van der Waals surface area contributed by atoms with Crippen LogP contribution in [-0.2, 0) is 16.0 Å². The van der Waals surface area contributed by atoms with E-state index >= 15 is 0 Å². The van der Waals surface area contributed by atoms with Crippen LogP contribution in [0, 0.1) is 0 Å². The van der Waals surface area contributed by atoms with Crippen molar-refractivity contribution >= 4 is 28.0 Å². The van der Waals surface area contributed by atoms with E-state index < -0.39 is 27.7 Å². The minimum Gasteiger partial charge on any atom is -0.609 e. The van der Waals surface area contributed by atoms with Crippen LogP contribution < -0.4 is 0 Å². The highest BCUT2D eigenvalue weighted by atomic mass is 35.5. The molecule has 0 N–H and O–H groups in total. The van der Waals surface area contributed by atoms with Crippen LogP contribution in [0.4, 0.5) is 13.2 Å². The Morgan fingerprint density at radius 1 is 1.60 bits per heavy atom. The lowest BCUT2D eigenvalue weighted by Gasteiger charge is -2.09. The number of rotatable bonds is 2. The molecular formula is C3H2ClF3O2S. The van der Waals surface area contributed by atoms with E-state index in [1.54, 1.807) is 0 Å². The Morgan fingerprint density at radius 3 is 2.10 bits per heavy atom. The highest BCUT2D eigenvalue weighted by molar-refractivity contribution is 7.93. The molecule has 0 spiro atoms. The highest BCUT2D eigenvalue weighted by Crippen LogP contribution is 2.23. The molecule has 1 unspecified atom stereocenters. The van der Waals surface area contributed by atoms with Gasteiger partial charge in [0, 0.05) is 0 Å². The van der Waals surface area contributed by atoms with Crippen LogP contribution in [0.15, 0.2) is 0 Å². The number of halogens is 4. The molecule has 0 heterocycles. The average molecular weight is 195 g/mol. The summed E-state index contributed by atoms with van der Waals surface area (Å²) in [4.78, 5) is 9.77. The molecule has 0 amide bonds. The van der Waals surface area contributed by atoms with Gasteiger partial charge in [-0.1, -0.05) is 0 Å². The molecule has 7 heteroatoms.